The summed E-state index contributed by atoms with van der Waals surface area (Å²) in [5, 5.41) is 0. The zero-order chi connectivity index (χ0) is 9.19. The fraction of sp³-hybridized carbons (Fsp3) is 0.143. The number of thiol groups is 1. The van der Waals surface area contributed by atoms with E-state index in [-0.39, 0.29) is 24.4 Å². The molecule has 0 amide bonds. The summed E-state index contributed by atoms with van der Waals surface area (Å²) in [7, 11) is -2.42. The van der Waals surface area contributed by atoms with Crippen molar-refractivity contribution in [3.05, 3.63) is 24.3 Å². The van der Waals surface area contributed by atoms with Gasteiger partial charge in [-0.1, -0.05) is 0 Å². The summed E-state index contributed by atoms with van der Waals surface area (Å²) in [6.45, 7) is 0. The summed E-state index contributed by atoms with van der Waals surface area (Å²) in [6, 6.07) is 6.08. The number of hydrogen-bond acceptors (Lipinski definition) is 4. The first-order chi connectivity index (χ1) is 5.56. The topological polar surface area (TPSA) is 43.4 Å². The minimum absolute atomic E-state index is 0. The molecule has 1 rings (SSSR count). The molecule has 0 saturated carbocycles. The Bertz CT molecular complexity index is 358. The summed E-state index contributed by atoms with van der Waals surface area (Å²) >= 11 is 4.02. The van der Waals surface area contributed by atoms with Gasteiger partial charge in [0.1, 0.15) is 0 Å². The van der Waals surface area contributed by atoms with Crippen LogP contribution in [0.4, 0.5) is 0 Å². The standard InChI is InChI=1S/C7H8O3S2.Zn/c1-10-12(8,9)7-4-2-6(11)3-5-7;/h2-5,11H,1H3;. The van der Waals surface area contributed by atoms with E-state index in [1.54, 1.807) is 12.1 Å². The van der Waals surface area contributed by atoms with E-state index < -0.39 is 10.1 Å². The molecule has 0 aliphatic rings. The van der Waals surface area contributed by atoms with Gasteiger partial charge in [-0.3, -0.25) is 4.18 Å². The van der Waals surface area contributed by atoms with Crippen molar-refractivity contribution in [2.24, 2.45) is 0 Å². The molecule has 0 spiro atoms. The molecule has 68 valence electrons. The van der Waals surface area contributed by atoms with Crippen LogP contribution in [-0.4, -0.2) is 15.5 Å². The Labute approximate surface area is 95.8 Å². The molecule has 0 saturated heterocycles. The zero-order valence-corrected chi connectivity index (χ0v) is 11.8. The fourth-order valence-electron chi connectivity index (χ4n) is 0.709. The van der Waals surface area contributed by atoms with E-state index in [1.807, 2.05) is 0 Å². The van der Waals surface area contributed by atoms with Gasteiger partial charge in [-0.15, -0.1) is 12.6 Å². The third kappa shape index (κ3) is 3.39. The largest absolute Gasteiger partial charge is 0.296 e. The summed E-state index contributed by atoms with van der Waals surface area (Å²) in [5.74, 6) is 0. The van der Waals surface area contributed by atoms with Crippen molar-refractivity contribution in [1.29, 1.82) is 0 Å². The predicted molar refractivity (Wildman–Crippen MR) is 47.9 cm³/mol. The van der Waals surface area contributed by atoms with Crippen molar-refractivity contribution in [2.75, 3.05) is 7.11 Å². The summed E-state index contributed by atoms with van der Waals surface area (Å²) in [5.41, 5.74) is 0. The molecule has 1 aromatic rings. The molecule has 0 N–H and O–H groups in total. The van der Waals surface area contributed by atoms with E-state index >= 15 is 0 Å². The minimum atomic E-state index is -3.55. The van der Waals surface area contributed by atoms with Crippen LogP contribution in [0.3, 0.4) is 0 Å². The second-order valence-electron chi connectivity index (χ2n) is 2.11. The molecule has 0 atom stereocenters. The summed E-state index contributed by atoms with van der Waals surface area (Å²) < 4.78 is 26.4. The average Bonchev–Trinajstić information content (AvgIpc) is 2.05. The predicted octanol–water partition coefficient (Wildman–Crippen LogP) is 1.31. The minimum Gasteiger partial charge on any atom is -0.270 e. The van der Waals surface area contributed by atoms with Gasteiger partial charge >= 0.3 is 0 Å². The van der Waals surface area contributed by atoms with Crippen molar-refractivity contribution in [3.8, 4) is 0 Å². The Kier molecular flexibility index (Phi) is 5.14. The van der Waals surface area contributed by atoms with Gasteiger partial charge in [0.2, 0.25) is 0 Å². The van der Waals surface area contributed by atoms with Crippen LogP contribution in [0.1, 0.15) is 0 Å². The van der Waals surface area contributed by atoms with Crippen molar-refractivity contribution < 1.29 is 32.1 Å². The average molecular weight is 270 g/mol. The Balaban J connectivity index is 0.00000144. The molecule has 0 fully saturated rings. The van der Waals surface area contributed by atoms with Crippen LogP contribution in [-0.2, 0) is 33.8 Å². The van der Waals surface area contributed by atoms with Crippen LogP contribution in [0.5, 0.6) is 0 Å². The monoisotopic (exact) mass is 268 g/mol. The molecule has 3 nitrogen and oxygen atoms in total. The smallest absolute Gasteiger partial charge is 0.270 e. The van der Waals surface area contributed by atoms with E-state index in [2.05, 4.69) is 16.8 Å². The maximum atomic E-state index is 11.1. The van der Waals surface area contributed by atoms with Crippen LogP contribution >= 0.6 is 12.6 Å². The molecule has 0 heterocycles. The van der Waals surface area contributed by atoms with Gasteiger partial charge in [-0.25, -0.2) is 0 Å². The Morgan fingerprint density at radius 1 is 1.23 bits per heavy atom. The maximum Gasteiger partial charge on any atom is 0.296 e. The number of rotatable bonds is 2. The normalized spacial score (nSPS) is 10.6. The number of hydrogen-bond donors (Lipinski definition) is 1. The second-order valence-corrected chi connectivity index (χ2v) is 4.34. The van der Waals surface area contributed by atoms with Crippen LogP contribution < -0.4 is 0 Å². The van der Waals surface area contributed by atoms with Gasteiger partial charge in [0, 0.05) is 24.4 Å². The van der Waals surface area contributed by atoms with Crippen LogP contribution in [0.2, 0.25) is 0 Å². The van der Waals surface area contributed by atoms with Crippen molar-refractivity contribution >= 4 is 22.7 Å². The molecule has 0 aromatic heterocycles. The molecule has 0 aliphatic carbocycles. The van der Waals surface area contributed by atoms with Gasteiger partial charge < -0.3 is 0 Å². The fourth-order valence-corrected chi connectivity index (χ4v) is 1.52. The molecule has 0 bridgehead atoms. The van der Waals surface area contributed by atoms with Crippen molar-refractivity contribution in [2.45, 2.75) is 9.79 Å². The van der Waals surface area contributed by atoms with Gasteiger partial charge in [0.05, 0.1) is 12.0 Å². The van der Waals surface area contributed by atoms with E-state index in [9.17, 15) is 8.42 Å². The van der Waals surface area contributed by atoms with Crippen molar-refractivity contribution in [1.82, 2.24) is 0 Å². The van der Waals surface area contributed by atoms with E-state index in [0.717, 1.165) is 7.11 Å². The van der Waals surface area contributed by atoms with Crippen LogP contribution in [0, 0.1) is 0 Å². The first-order valence-corrected chi connectivity index (χ1v) is 5.01. The third-order valence-corrected chi connectivity index (χ3v) is 2.93. The SMILES string of the molecule is COS(=O)(=O)c1ccc(S)cc1.[Zn]. The summed E-state index contributed by atoms with van der Waals surface area (Å²) in [6.07, 6.45) is 0. The van der Waals surface area contributed by atoms with Crippen molar-refractivity contribution in [3.63, 3.8) is 0 Å². The molecule has 0 unspecified atom stereocenters. The molecular weight excluding hydrogens is 262 g/mol. The van der Waals surface area contributed by atoms with Crippen LogP contribution in [0.25, 0.3) is 0 Å². The summed E-state index contributed by atoms with van der Waals surface area (Å²) in [4.78, 5) is 0.854. The molecule has 0 radical (unpaired) electrons. The zero-order valence-electron chi connectivity index (χ0n) is 7.10. The van der Waals surface area contributed by atoms with Gasteiger partial charge in [0.15, 0.2) is 0 Å². The van der Waals surface area contributed by atoms with Crippen LogP contribution in [0.15, 0.2) is 34.1 Å². The third-order valence-electron chi connectivity index (χ3n) is 1.34. The van der Waals surface area contributed by atoms with Gasteiger partial charge in [-0.05, 0) is 24.3 Å². The van der Waals surface area contributed by atoms with Gasteiger partial charge in [0.25, 0.3) is 10.1 Å². The van der Waals surface area contributed by atoms with Gasteiger partial charge in [-0.2, -0.15) is 8.42 Å². The van der Waals surface area contributed by atoms with E-state index in [0.29, 0.717) is 4.90 Å². The number of benzene rings is 1. The first-order valence-electron chi connectivity index (χ1n) is 3.16. The quantitative estimate of drug-likeness (QED) is 0.500. The Hall–Kier alpha value is 0.103. The first kappa shape index (κ1) is 13.1. The molecule has 13 heavy (non-hydrogen) atoms. The van der Waals surface area contributed by atoms with E-state index in [1.165, 1.54) is 12.1 Å². The molecule has 0 aliphatic heterocycles. The van der Waals surface area contributed by atoms with E-state index in [4.69, 9.17) is 0 Å². The maximum absolute atomic E-state index is 11.1. The second kappa shape index (κ2) is 5.10. The molecule has 1 aromatic carbocycles. The Morgan fingerprint density at radius 3 is 2.08 bits per heavy atom. The Morgan fingerprint density at radius 2 is 1.69 bits per heavy atom. The molecule has 6 heteroatoms. The molecular formula is C7H8O3S2Zn.